The van der Waals surface area contributed by atoms with Crippen molar-refractivity contribution < 1.29 is 0 Å². The molecule has 0 saturated carbocycles. The fourth-order valence-corrected chi connectivity index (χ4v) is 2.26. The molecule has 1 fully saturated rings. The van der Waals surface area contributed by atoms with Crippen LogP contribution in [0.2, 0.25) is 5.02 Å². The molecule has 1 saturated heterocycles. The van der Waals surface area contributed by atoms with Crippen molar-refractivity contribution in [2.45, 2.75) is 25.9 Å². The third-order valence-electron chi connectivity index (χ3n) is 3.17. The van der Waals surface area contributed by atoms with Crippen molar-refractivity contribution in [3.8, 4) is 0 Å². The van der Waals surface area contributed by atoms with Gasteiger partial charge in [0, 0.05) is 35.9 Å². The molecular formula is C12H17ClN2. The SMILES string of the molecule is C[C@H]1NCCN(c2cccc(Cl)c2)[C@H]1C. The van der Waals surface area contributed by atoms with E-state index in [2.05, 4.69) is 30.1 Å². The lowest BCUT2D eigenvalue weighted by Gasteiger charge is -2.40. The second-order valence-electron chi connectivity index (χ2n) is 4.16. The summed E-state index contributed by atoms with van der Waals surface area (Å²) in [4.78, 5) is 2.41. The summed E-state index contributed by atoms with van der Waals surface area (Å²) in [5, 5.41) is 4.28. The molecule has 1 aromatic rings. The van der Waals surface area contributed by atoms with Crippen LogP contribution < -0.4 is 10.2 Å². The molecular weight excluding hydrogens is 208 g/mol. The number of nitrogens with zero attached hydrogens (tertiary/aromatic N) is 1. The van der Waals surface area contributed by atoms with Crippen LogP contribution in [0.25, 0.3) is 0 Å². The number of hydrogen-bond acceptors (Lipinski definition) is 2. The van der Waals surface area contributed by atoms with Gasteiger partial charge < -0.3 is 10.2 Å². The smallest absolute Gasteiger partial charge is 0.0426 e. The molecule has 1 aliphatic rings. The van der Waals surface area contributed by atoms with Gasteiger partial charge in [-0.05, 0) is 32.0 Å². The van der Waals surface area contributed by atoms with Crippen molar-refractivity contribution in [2.24, 2.45) is 0 Å². The highest BCUT2D eigenvalue weighted by Crippen LogP contribution is 2.23. The number of anilines is 1. The minimum Gasteiger partial charge on any atom is -0.366 e. The first kappa shape index (κ1) is 10.8. The average molecular weight is 225 g/mol. The minimum absolute atomic E-state index is 0.511. The molecule has 1 heterocycles. The van der Waals surface area contributed by atoms with E-state index in [1.54, 1.807) is 0 Å². The first-order valence-electron chi connectivity index (χ1n) is 5.44. The van der Waals surface area contributed by atoms with E-state index in [-0.39, 0.29) is 0 Å². The molecule has 2 atom stereocenters. The normalized spacial score (nSPS) is 26.7. The Kier molecular flexibility index (Phi) is 3.17. The molecule has 0 aromatic heterocycles. The lowest BCUT2D eigenvalue weighted by molar-refractivity contribution is 0.404. The Morgan fingerprint density at radius 2 is 2.20 bits per heavy atom. The zero-order valence-corrected chi connectivity index (χ0v) is 9.96. The summed E-state index contributed by atoms with van der Waals surface area (Å²) in [6, 6.07) is 9.13. The van der Waals surface area contributed by atoms with E-state index in [0.29, 0.717) is 12.1 Å². The van der Waals surface area contributed by atoms with Crippen LogP contribution in [0, 0.1) is 0 Å². The summed E-state index contributed by atoms with van der Waals surface area (Å²) >= 11 is 6.01. The summed E-state index contributed by atoms with van der Waals surface area (Å²) in [6.45, 7) is 6.56. The molecule has 1 N–H and O–H groups in total. The highest BCUT2D eigenvalue weighted by molar-refractivity contribution is 6.30. The van der Waals surface area contributed by atoms with Gasteiger partial charge in [0.25, 0.3) is 0 Å². The zero-order chi connectivity index (χ0) is 10.8. The van der Waals surface area contributed by atoms with Crippen LogP contribution in [0.5, 0.6) is 0 Å². The van der Waals surface area contributed by atoms with Gasteiger partial charge in [0.15, 0.2) is 0 Å². The van der Waals surface area contributed by atoms with Crippen LogP contribution in [0.4, 0.5) is 5.69 Å². The standard InChI is InChI=1S/C12H17ClN2/c1-9-10(2)15(7-6-14-9)12-5-3-4-11(13)8-12/h3-5,8-10,14H,6-7H2,1-2H3/t9-,10+/m1/s1. The van der Waals surface area contributed by atoms with Gasteiger partial charge in [-0.3, -0.25) is 0 Å². The molecule has 2 nitrogen and oxygen atoms in total. The summed E-state index contributed by atoms with van der Waals surface area (Å²) in [7, 11) is 0. The highest BCUT2D eigenvalue weighted by Gasteiger charge is 2.24. The summed E-state index contributed by atoms with van der Waals surface area (Å²) < 4.78 is 0. The number of hydrogen-bond donors (Lipinski definition) is 1. The molecule has 1 aromatic carbocycles. The van der Waals surface area contributed by atoms with Crippen LogP contribution in [-0.2, 0) is 0 Å². The van der Waals surface area contributed by atoms with Crippen molar-refractivity contribution in [3.05, 3.63) is 29.3 Å². The highest BCUT2D eigenvalue weighted by atomic mass is 35.5. The zero-order valence-electron chi connectivity index (χ0n) is 9.20. The lowest BCUT2D eigenvalue weighted by Crippen LogP contribution is -2.55. The Labute approximate surface area is 96.2 Å². The van der Waals surface area contributed by atoms with E-state index >= 15 is 0 Å². The van der Waals surface area contributed by atoms with Crippen LogP contribution in [-0.4, -0.2) is 25.2 Å². The quantitative estimate of drug-likeness (QED) is 0.789. The first-order chi connectivity index (χ1) is 7.18. The van der Waals surface area contributed by atoms with Gasteiger partial charge in [0.1, 0.15) is 0 Å². The van der Waals surface area contributed by atoms with Gasteiger partial charge in [0.05, 0.1) is 0 Å². The molecule has 0 unspecified atom stereocenters. The number of halogens is 1. The Morgan fingerprint density at radius 1 is 1.40 bits per heavy atom. The fraction of sp³-hybridized carbons (Fsp3) is 0.500. The van der Waals surface area contributed by atoms with Gasteiger partial charge in [-0.25, -0.2) is 0 Å². The Bertz CT molecular complexity index is 340. The van der Waals surface area contributed by atoms with Crippen LogP contribution in [0.3, 0.4) is 0 Å². The van der Waals surface area contributed by atoms with Gasteiger partial charge >= 0.3 is 0 Å². The maximum Gasteiger partial charge on any atom is 0.0426 e. The maximum atomic E-state index is 6.01. The number of nitrogens with one attached hydrogen (secondary N) is 1. The second-order valence-corrected chi connectivity index (χ2v) is 4.59. The molecule has 0 spiro atoms. The summed E-state index contributed by atoms with van der Waals surface area (Å²) in [5.74, 6) is 0. The van der Waals surface area contributed by atoms with Crippen molar-refractivity contribution in [3.63, 3.8) is 0 Å². The van der Waals surface area contributed by atoms with Crippen molar-refractivity contribution in [1.82, 2.24) is 5.32 Å². The number of rotatable bonds is 1. The average Bonchev–Trinajstić information content (AvgIpc) is 2.22. The van der Waals surface area contributed by atoms with E-state index in [1.165, 1.54) is 5.69 Å². The van der Waals surface area contributed by atoms with Gasteiger partial charge in [-0.2, -0.15) is 0 Å². The number of piperazine rings is 1. The summed E-state index contributed by atoms with van der Waals surface area (Å²) in [6.07, 6.45) is 0. The monoisotopic (exact) mass is 224 g/mol. The van der Waals surface area contributed by atoms with E-state index in [4.69, 9.17) is 11.6 Å². The topological polar surface area (TPSA) is 15.3 Å². The fourth-order valence-electron chi connectivity index (χ4n) is 2.08. The van der Waals surface area contributed by atoms with Gasteiger partial charge in [-0.1, -0.05) is 17.7 Å². The third-order valence-corrected chi connectivity index (χ3v) is 3.41. The molecule has 0 bridgehead atoms. The Hall–Kier alpha value is -0.730. The number of benzene rings is 1. The Balaban J connectivity index is 2.22. The molecule has 0 aliphatic carbocycles. The van der Waals surface area contributed by atoms with E-state index < -0.39 is 0 Å². The summed E-state index contributed by atoms with van der Waals surface area (Å²) in [5.41, 5.74) is 1.23. The molecule has 3 heteroatoms. The molecule has 15 heavy (non-hydrogen) atoms. The lowest BCUT2D eigenvalue weighted by atomic mass is 10.1. The molecule has 0 amide bonds. The second kappa shape index (κ2) is 4.42. The molecule has 0 radical (unpaired) electrons. The van der Waals surface area contributed by atoms with Crippen LogP contribution in [0.1, 0.15) is 13.8 Å². The van der Waals surface area contributed by atoms with Crippen molar-refractivity contribution in [2.75, 3.05) is 18.0 Å². The third kappa shape index (κ3) is 2.27. The maximum absolute atomic E-state index is 6.01. The van der Waals surface area contributed by atoms with Crippen LogP contribution >= 0.6 is 11.6 Å². The van der Waals surface area contributed by atoms with E-state index in [1.807, 2.05) is 18.2 Å². The predicted octanol–water partition coefficient (Wildman–Crippen LogP) is 2.53. The van der Waals surface area contributed by atoms with Crippen molar-refractivity contribution in [1.29, 1.82) is 0 Å². The van der Waals surface area contributed by atoms with Crippen LogP contribution in [0.15, 0.2) is 24.3 Å². The molecule has 1 aliphatic heterocycles. The van der Waals surface area contributed by atoms with Gasteiger partial charge in [-0.15, -0.1) is 0 Å². The first-order valence-corrected chi connectivity index (χ1v) is 5.82. The van der Waals surface area contributed by atoms with Gasteiger partial charge in [0.2, 0.25) is 0 Å². The van der Waals surface area contributed by atoms with Crippen molar-refractivity contribution >= 4 is 17.3 Å². The predicted molar refractivity (Wildman–Crippen MR) is 65.7 cm³/mol. The largest absolute Gasteiger partial charge is 0.366 e. The molecule has 2 rings (SSSR count). The van der Waals surface area contributed by atoms with E-state index in [0.717, 1.165) is 18.1 Å². The Morgan fingerprint density at radius 3 is 2.93 bits per heavy atom. The van der Waals surface area contributed by atoms with E-state index in [9.17, 15) is 0 Å². The molecule has 82 valence electrons. The minimum atomic E-state index is 0.511.